The van der Waals surface area contributed by atoms with Gasteiger partial charge in [-0.1, -0.05) is 15.9 Å². The molecule has 0 heterocycles. The largest absolute Gasteiger partial charge is 0.352 e. The van der Waals surface area contributed by atoms with E-state index < -0.39 is 17.7 Å². The van der Waals surface area contributed by atoms with Gasteiger partial charge in [-0.05, 0) is 38.1 Å². The lowest BCUT2D eigenvalue weighted by Crippen LogP contribution is -2.50. The number of nitrogens with one attached hydrogen (secondary N) is 4. The minimum atomic E-state index is -0.962. The van der Waals surface area contributed by atoms with E-state index in [2.05, 4.69) is 32.0 Å². The van der Waals surface area contributed by atoms with E-state index in [1.54, 1.807) is 38.1 Å². The van der Waals surface area contributed by atoms with Crippen molar-refractivity contribution in [1.29, 1.82) is 0 Å². The summed E-state index contributed by atoms with van der Waals surface area (Å²) in [6.07, 6.45) is -0.0473. The molecule has 0 saturated carbocycles. The Bertz CT molecular complexity index is 616. The van der Waals surface area contributed by atoms with Crippen LogP contribution >= 0.6 is 15.9 Å². The molecule has 4 N–H and O–H groups in total. The zero-order chi connectivity index (χ0) is 18.1. The van der Waals surface area contributed by atoms with Gasteiger partial charge in [-0.15, -0.1) is 0 Å². The molecule has 0 unspecified atom stereocenters. The van der Waals surface area contributed by atoms with Crippen LogP contribution < -0.4 is 21.5 Å². The van der Waals surface area contributed by atoms with E-state index in [9.17, 15) is 19.2 Å². The molecule has 0 radical (unpaired) electrons. The van der Waals surface area contributed by atoms with Crippen LogP contribution in [-0.2, 0) is 14.4 Å². The minimum absolute atomic E-state index is 0.0473. The predicted molar refractivity (Wildman–Crippen MR) is 90.7 cm³/mol. The molecule has 0 aromatic heterocycles. The van der Waals surface area contributed by atoms with E-state index in [1.807, 2.05) is 5.43 Å². The van der Waals surface area contributed by atoms with Crippen molar-refractivity contribution in [2.24, 2.45) is 0 Å². The van der Waals surface area contributed by atoms with Crippen LogP contribution in [0, 0.1) is 0 Å². The molecular formula is C15H19BrN4O4. The van der Waals surface area contributed by atoms with E-state index in [0.29, 0.717) is 5.56 Å². The second-order valence-corrected chi connectivity index (χ2v) is 6.06. The fraction of sp³-hybridized carbons (Fsp3) is 0.333. The highest BCUT2D eigenvalue weighted by Crippen LogP contribution is 2.10. The number of amides is 4. The fourth-order valence-corrected chi connectivity index (χ4v) is 1.83. The molecule has 0 aliphatic carbocycles. The highest BCUT2D eigenvalue weighted by molar-refractivity contribution is 9.10. The number of carbonyl (C=O) groups is 4. The Morgan fingerprint density at radius 1 is 1.00 bits per heavy atom. The third kappa shape index (κ3) is 7.23. The molecule has 4 amide bonds. The second kappa shape index (κ2) is 9.66. The SMILES string of the molecule is CC(C)NC(=O)C(=O)NNC(=O)CCNC(=O)c1ccc(Br)cc1. The van der Waals surface area contributed by atoms with Crippen molar-refractivity contribution in [2.75, 3.05) is 6.54 Å². The first-order chi connectivity index (χ1) is 11.3. The molecule has 24 heavy (non-hydrogen) atoms. The van der Waals surface area contributed by atoms with Crippen LogP contribution in [0.15, 0.2) is 28.7 Å². The van der Waals surface area contributed by atoms with Crippen molar-refractivity contribution in [3.05, 3.63) is 34.3 Å². The normalized spacial score (nSPS) is 10.0. The summed E-state index contributed by atoms with van der Waals surface area (Å²) in [6, 6.07) is 6.58. The number of benzene rings is 1. The van der Waals surface area contributed by atoms with Crippen LogP contribution in [0.2, 0.25) is 0 Å². The molecular weight excluding hydrogens is 380 g/mol. The van der Waals surface area contributed by atoms with Crippen LogP contribution in [0.5, 0.6) is 0 Å². The van der Waals surface area contributed by atoms with Crippen LogP contribution in [0.1, 0.15) is 30.6 Å². The first kappa shape index (κ1) is 19.6. The van der Waals surface area contributed by atoms with Gasteiger partial charge < -0.3 is 10.6 Å². The highest BCUT2D eigenvalue weighted by Gasteiger charge is 2.15. The Labute approximate surface area is 147 Å². The molecule has 0 saturated heterocycles. The summed E-state index contributed by atoms with van der Waals surface area (Å²) in [5, 5.41) is 4.96. The maximum Gasteiger partial charge on any atom is 0.327 e. The van der Waals surface area contributed by atoms with Crippen LogP contribution in [0.3, 0.4) is 0 Å². The first-order valence-corrected chi connectivity index (χ1v) is 8.02. The first-order valence-electron chi connectivity index (χ1n) is 7.23. The fourth-order valence-electron chi connectivity index (χ4n) is 1.57. The molecule has 0 spiro atoms. The summed E-state index contributed by atoms with van der Waals surface area (Å²) in [5.74, 6) is -2.64. The van der Waals surface area contributed by atoms with E-state index in [4.69, 9.17) is 0 Å². The number of halogens is 1. The van der Waals surface area contributed by atoms with E-state index in [-0.39, 0.29) is 24.9 Å². The van der Waals surface area contributed by atoms with E-state index in [1.165, 1.54) is 0 Å². The Balaban J connectivity index is 2.26. The van der Waals surface area contributed by atoms with Gasteiger partial charge in [0.2, 0.25) is 5.91 Å². The summed E-state index contributed by atoms with van der Waals surface area (Å²) in [6.45, 7) is 3.50. The van der Waals surface area contributed by atoms with Gasteiger partial charge in [0.15, 0.2) is 0 Å². The molecule has 0 fully saturated rings. The van der Waals surface area contributed by atoms with Crippen molar-refractivity contribution in [3.63, 3.8) is 0 Å². The van der Waals surface area contributed by atoms with Crippen molar-refractivity contribution in [3.8, 4) is 0 Å². The van der Waals surface area contributed by atoms with Crippen LogP contribution in [0.4, 0.5) is 0 Å². The Morgan fingerprint density at radius 3 is 2.21 bits per heavy atom. The van der Waals surface area contributed by atoms with Gasteiger partial charge in [0.25, 0.3) is 5.91 Å². The lowest BCUT2D eigenvalue weighted by molar-refractivity contribution is -0.141. The number of rotatable bonds is 5. The zero-order valence-corrected chi connectivity index (χ0v) is 14.9. The molecule has 130 valence electrons. The lowest BCUT2D eigenvalue weighted by atomic mass is 10.2. The number of hydrogen-bond donors (Lipinski definition) is 4. The molecule has 0 aliphatic heterocycles. The lowest BCUT2D eigenvalue weighted by Gasteiger charge is -2.10. The minimum Gasteiger partial charge on any atom is -0.352 e. The third-order valence-corrected chi connectivity index (χ3v) is 3.21. The number of hydrazine groups is 1. The number of carbonyl (C=O) groups excluding carboxylic acids is 4. The van der Waals surface area contributed by atoms with Crippen LogP contribution in [0.25, 0.3) is 0 Å². The van der Waals surface area contributed by atoms with Crippen molar-refractivity contribution in [2.45, 2.75) is 26.3 Å². The maximum absolute atomic E-state index is 11.8. The van der Waals surface area contributed by atoms with Gasteiger partial charge in [-0.25, -0.2) is 0 Å². The standard InChI is InChI=1S/C15H19BrN4O4/c1-9(2)18-14(23)15(24)20-19-12(21)7-8-17-13(22)10-3-5-11(16)6-4-10/h3-6,9H,7-8H2,1-2H3,(H,17,22)(H,18,23)(H,19,21)(H,20,24). The average Bonchev–Trinajstić information content (AvgIpc) is 2.52. The molecule has 1 aromatic rings. The molecule has 1 aromatic carbocycles. The van der Waals surface area contributed by atoms with Gasteiger partial charge in [-0.3, -0.25) is 30.0 Å². The topological polar surface area (TPSA) is 116 Å². The molecule has 8 nitrogen and oxygen atoms in total. The Kier molecular flexibility index (Phi) is 7.90. The van der Waals surface area contributed by atoms with Gasteiger partial charge in [0.05, 0.1) is 0 Å². The molecule has 0 bridgehead atoms. The van der Waals surface area contributed by atoms with Crippen LogP contribution in [-0.4, -0.2) is 36.2 Å². The molecule has 1 rings (SSSR count). The van der Waals surface area contributed by atoms with Crippen molar-refractivity contribution in [1.82, 2.24) is 21.5 Å². The zero-order valence-electron chi connectivity index (χ0n) is 13.3. The molecule has 9 heteroatoms. The third-order valence-electron chi connectivity index (χ3n) is 2.69. The monoisotopic (exact) mass is 398 g/mol. The average molecular weight is 399 g/mol. The summed E-state index contributed by atoms with van der Waals surface area (Å²) in [4.78, 5) is 46.0. The van der Waals surface area contributed by atoms with Gasteiger partial charge in [0, 0.05) is 29.0 Å². The maximum atomic E-state index is 11.8. The van der Waals surface area contributed by atoms with Crippen molar-refractivity contribution >= 4 is 39.6 Å². The summed E-state index contributed by atoms with van der Waals surface area (Å²) < 4.78 is 0.857. The van der Waals surface area contributed by atoms with Gasteiger partial charge in [-0.2, -0.15) is 0 Å². The summed E-state index contributed by atoms with van der Waals surface area (Å²) in [7, 11) is 0. The Morgan fingerprint density at radius 2 is 1.62 bits per heavy atom. The summed E-state index contributed by atoms with van der Waals surface area (Å²) >= 11 is 3.27. The molecule has 0 atom stereocenters. The summed E-state index contributed by atoms with van der Waals surface area (Å²) in [5.41, 5.74) is 4.57. The highest BCUT2D eigenvalue weighted by atomic mass is 79.9. The van der Waals surface area contributed by atoms with Gasteiger partial charge in [0.1, 0.15) is 0 Å². The van der Waals surface area contributed by atoms with E-state index in [0.717, 1.165) is 4.47 Å². The molecule has 0 aliphatic rings. The smallest absolute Gasteiger partial charge is 0.327 e. The van der Waals surface area contributed by atoms with E-state index >= 15 is 0 Å². The van der Waals surface area contributed by atoms with Gasteiger partial charge >= 0.3 is 11.8 Å². The number of hydrogen-bond acceptors (Lipinski definition) is 4. The predicted octanol–water partition coefficient (Wildman–Crippen LogP) is 0.241. The second-order valence-electron chi connectivity index (χ2n) is 5.14. The quantitative estimate of drug-likeness (QED) is 0.419. The Hall–Kier alpha value is -2.42. The van der Waals surface area contributed by atoms with Crippen molar-refractivity contribution < 1.29 is 19.2 Å².